The van der Waals surface area contributed by atoms with E-state index in [2.05, 4.69) is 45.8 Å². The molecule has 0 aliphatic carbocycles. The predicted octanol–water partition coefficient (Wildman–Crippen LogP) is 3.91. The minimum absolute atomic E-state index is 0.182. The lowest BCUT2D eigenvalue weighted by molar-refractivity contribution is 0.262. The average Bonchev–Trinajstić information content (AvgIpc) is 3.11. The summed E-state index contributed by atoms with van der Waals surface area (Å²) in [4.78, 5) is 9.28. The summed E-state index contributed by atoms with van der Waals surface area (Å²) in [6.45, 7) is 9.35. The quantitative estimate of drug-likeness (QED) is 0.696. The maximum atomic E-state index is 14.9. The van der Waals surface area contributed by atoms with Crippen molar-refractivity contribution in [3.63, 3.8) is 0 Å². The Balaban J connectivity index is 1.42. The topological polar surface area (TPSA) is 13.0 Å². The summed E-state index contributed by atoms with van der Waals surface area (Å²) in [5.74, 6) is -0.897. The molecule has 2 saturated heterocycles. The highest BCUT2D eigenvalue weighted by atomic mass is 19.1. The van der Waals surface area contributed by atoms with Gasteiger partial charge in [-0.2, -0.15) is 0 Å². The summed E-state index contributed by atoms with van der Waals surface area (Å²) in [5.41, 5.74) is 2.87. The van der Waals surface area contributed by atoms with Crippen LogP contribution in [0.4, 0.5) is 8.78 Å². The van der Waals surface area contributed by atoms with Gasteiger partial charge in [0.1, 0.15) is 11.6 Å². The second-order valence-corrected chi connectivity index (χ2v) is 9.48. The predicted molar refractivity (Wildman–Crippen MR) is 127 cm³/mol. The number of hydrogen-bond acceptors (Lipinski definition) is 4. The van der Waals surface area contributed by atoms with Gasteiger partial charge in [0, 0.05) is 44.8 Å². The number of halogens is 2. The first-order valence-corrected chi connectivity index (χ1v) is 11.9. The van der Waals surface area contributed by atoms with Crippen LogP contribution in [0, 0.1) is 11.6 Å². The molecule has 2 aliphatic heterocycles. The van der Waals surface area contributed by atoms with Crippen molar-refractivity contribution in [3.8, 4) is 11.1 Å². The van der Waals surface area contributed by atoms with Crippen molar-refractivity contribution in [2.24, 2.45) is 0 Å². The number of rotatable bonds is 5. The van der Waals surface area contributed by atoms with E-state index in [-0.39, 0.29) is 5.56 Å². The van der Waals surface area contributed by atoms with Gasteiger partial charge in [-0.05, 0) is 81.9 Å². The Hall–Kier alpha value is -1.86. The maximum Gasteiger partial charge on any atom is 0.131 e. The number of nitrogens with zero attached hydrogens (tertiary/aromatic N) is 4. The lowest BCUT2D eigenvalue weighted by atomic mass is 10.0. The largest absolute Gasteiger partial charge is 0.305 e. The zero-order chi connectivity index (χ0) is 22.5. The monoisotopic (exact) mass is 442 g/mol. The van der Waals surface area contributed by atoms with Crippen molar-refractivity contribution in [2.45, 2.75) is 25.9 Å². The lowest BCUT2D eigenvalue weighted by Crippen LogP contribution is -2.29. The molecule has 2 aromatic carbocycles. The van der Waals surface area contributed by atoms with Crippen LogP contribution in [0.3, 0.4) is 0 Å². The van der Waals surface area contributed by atoms with Crippen LogP contribution in [0.15, 0.2) is 36.4 Å². The Labute approximate surface area is 191 Å². The molecule has 0 amide bonds. The van der Waals surface area contributed by atoms with Crippen LogP contribution in [0.1, 0.15) is 24.0 Å². The molecule has 4 rings (SSSR count). The SMILES string of the molecule is CN1CCCN(Cc2ccc(-c3cc(F)c(CN4CCCN(C)CC4)c(F)c3)cc2)CC1. The molecule has 0 bridgehead atoms. The molecule has 0 radical (unpaired) electrons. The first-order chi connectivity index (χ1) is 15.5. The summed E-state index contributed by atoms with van der Waals surface area (Å²) in [6.07, 6.45) is 2.21. The van der Waals surface area contributed by atoms with E-state index in [4.69, 9.17) is 0 Å². The molecule has 2 aliphatic rings. The van der Waals surface area contributed by atoms with Crippen LogP contribution >= 0.6 is 0 Å². The highest BCUT2D eigenvalue weighted by Crippen LogP contribution is 2.26. The van der Waals surface area contributed by atoms with E-state index in [1.165, 1.54) is 24.1 Å². The maximum absolute atomic E-state index is 14.9. The summed E-state index contributed by atoms with van der Waals surface area (Å²) in [5, 5.41) is 0. The van der Waals surface area contributed by atoms with E-state index in [0.29, 0.717) is 12.1 Å². The van der Waals surface area contributed by atoms with Crippen molar-refractivity contribution < 1.29 is 8.78 Å². The van der Waals surface area contributed by atoms with Crippen molar-refractivity contribution in [3.05, 3.63) is 59.2 Å². The van der Waals surface area contributed by atoms with Gasteiger partial charge in [0.25, 0.3) is 0 Å². The molecule has 0 aromatic heterocycles. The molecule has 0 atom stereocenters. The molecule has 2 heterocycles. The fourth-order valence-corrected chi connectivity index (χ4v) is 4.72. The third kappa shape index (κ3) is 6.13. The van der Waals surface area contributed by atoms with E-state index in [9.17, 15) is 8.78 Å². The molecule has 4 nitrogen and oxygen atoms in total. The Bertz CT molecular complexity index is 863. The molecule has 0 N–H and O–H groups in total. The Morgan fingerprint density at radius 1 is 0.625 bits per heavy atom. The van der Waals surface area contributed by atoms with Gasteiger partial charge in [-0.15, -0.1) is 0 Å². The molecule has 2 fully saturated rings. The van der Waals surface area contributed by atoms with Crippen molar-refractivity contribution in [1.29, 1.82) is 0 Å². The highest BCUT2D eigenvalue weighted by molar-refractivity contribution is 5.64. The van der Waals surface area contributed by atoms with E-state index in [1.54, 1.807) is 0 Å². The van der Waals surface area contributed by atoms with E-state index >= 15 is 0 Å². The number of benzene rings is 2. The van der Waals surface area contributed by atoms with E-state index < -0.39 is 11.6 Å². The van der Waals surface area contributed by atoms with Crippen LogP contribution < -0.4 is 0 Å². The fraction of sp³-hybridized carbons (Fsp3) is 0.538. The van der Waals surface area contributed by atoms with Crippen molar-refractivity contribution >= 4 is 0 Å². The molecule has 0 spiro atoms. The first-order valence-electron chi connectivity index (χ1n) is 11.9. The van der Waals surface area contributed by atoms with Crippen molar-refractivity contribution in [2.75, 3.05) is 66.5 Å². The van der Waals surface area contributed by atoms with Crippen molar-refractivity contribution in [1.82, 2.24) is 19.6 Å². The lowest BCUT2D eigenvalue weighted by Gasteiger charge is -2.21. The zero-order valence-corrected chi connectivity index (χ0v) is 19.5. The summed E-state index contributed by atoms with van der Waals surface area (Å²) >= 11 is 0. The van der Waals surface area contributed by atoms with Gasteiger partial charge < -0.3 is 9.80 Å². The highest BCUT2D eigenvalue weighted by Gasteiger charge is 2.18. The van der Waals surface area contributed by atoms with Gasteiger partial charge in [0.05, 0.1) is 0 Å². The smallest absolute Gasteiger partial charge is 0.131 e. The molecule has 174 valence electrons. The van der Waals surface area contributed by atoms with Crippen LogP contribution in [-0.4, -0.2) is 86.1 Å². The molecule has 0 saturated carbocycles. The van der Waals surface area contributed by atoms with Crippen LogP contribution in [0.25, 0.3) is 11.1 Å². The molecule has 6 heteroatoms. The first kappa shape index (κ1) is 23.3. The Morgan fingerprint density at radius 3 is 1.72 bits per heavy atom. The summed E-state index contributed by atoms with van der Waals surface area (Å²) in [7, 11) is 4.27. The van der Waals surface area contributed by atoms with Gasteiger partial charge in [0.15, 0.2) is 0 Å². The summed E-state index contributed by atoms with van der Waals surface area (Å²) in [6, 6.07) is 11.1. The second kappa shape index (κ2) is 10.8. The van der Waals surface area contributed by atoms with E-state index in [1.807, 2.05) is 12.1 Å². The Kier molecular flexibility index (Phi) is 7.89. The molecule has 0 unspecified atom stereocenters. The Morgan fingerprint density at radius 2 is 1.16 bits per heavy atom. The zero-order valence-electron chi connectivity index (χ0n) is 19.5. The van der Waals surface area contributed by atoms with Gasteiger partial charge in [-0.1, -0.05) is 24.3 Å². The summed E-state index contributed by atoms with van der Waals surface area (Å²) < 4.78 is 29.8. The van der Waals surface area contributed by atoms with Gasteiger partial charge >= 0.3 is 0 Å². The number of likely N-dealkylation sites (N-methyl/N-ethyl adjacent to an activating group) is 2. The average molecular weight is 443 g/mol. The van der Waals surface area contributed by atoms with Gasteiger partial charge in [0.2, 0.25) is 0 Å². The van der Waals surface area contributed by atoms with Crippen LogP contribution in [0.2, 0.25) is 0 Å². The third-order valence-corrected chi connectivity index (χ3v) is 6.84. The van der Waals surface area contributed by atoms with Crippen LogP contribution in [0.5, 0.6) is 0 Å². The fourth-order valence-electron chi connectivity index (χ4n) is 4.72. The second-order valence-electron chi connectivity index (χ2n) is 9.48. The minimum atomic E-state index is -0.449. The molecular formula is C26H36F2N4. The molecular weight excluding hydrogens is 406 g/mol. The van der Waals surface area contributed by atoms with Gasteiger partial charge in [-0.25, -0.2) is 8.78 Å². The van der Waals surface area contributed by atoms with Gasteiger partial charge in [-0.3, -0.25) is 9.80 Å². The molecule has 2 aromatic rings. The van der Waals surface area contributed by atoms with E-state index in [0.717, 1.165) is 70.9 Å². The third-order valence-electron chi connectivity index (χ3n) is 6.84. The normalized spacial score (nSPS) is 20.2. The minimum Gasteiger partial charge on any atom is -0.305 e. The standard InChI is InChI=1S/C26H36F2N4/c1-29-9-3-11-31(15-13-29)19-21-5-7-22(8-6-21)23-17-25(27)24(26(28)18-23)20-32-12-4-10-30(2)14-16-32/h5-8,17-18H,3-4,9-16,19-20H2,1-2H3. The molecule has 32 heavy (non-hydrogen) atoms. The number of hydrogen-bond donors (Lipinski definition) is 0. The van der Waals surface area contributed by atoms with Crippen LogP contribution in [-0.2, 0) is 13.1 Å².